The van der Waals surface area contributed by atoms with E-state index < -0.39 is 0 Å². The predicted molar refractivity (Wildman–Crippen MR) is 87.0 cm³/mol. The van der Waals surface area contributed by atoms with Crippen molar-refractivity contribution in [1.82, 2.24) is 9.97 Å². The molecule has 1 aliphatic rings. The van der Waals surface area contributed by atoms with Crippen LogP contribution in [0.1, 0.15) is 17.0 Å². The molecule has 3 nitrogen and oxygen atoms in total. The van der Waals surface area contributed by atoms with Crippen LogP contribution in [-0.4, -0.2) is 16.5 Å². The molecule has 0 saturated carbocycles. The molecule has 3 heterocycles. The molecule has 0 unspecified atom stereocenters. The number of nitrogens with one attached hydrogen (secondary N) is 1. The molecule has 1 aliphatic heterocycles. The van der Waals surface area contributed by atoms with Gasteiger partial charge in [0.25, 0.3) is 0 Å². The van der Waals surface area contributed by atoms with Crippen molar-refractivity contribution in [2.24, 2.45) is 0 Å². The van der Waals surface area contributed by atoms with Gasteiger partial charge in [-0.05, 0) is 37.3 Å². The van der Waals surface area contributed by atoms with Gasteiger partial charge in [0, 0.05) is 52.4 Å². The van der Waals surface area contributed by atoms with Crippen molar-refractivity contribution >= 4 is 28.3 Å². The zero-order chi connectivity index (χ0) is 14.4. The molecule has 0 bridgehead atoms. The number of pyridine rings is 1. The number of fused-ring (bicyclic) bond motifs is 3. The standard InChI is InChI=1S/C17H16ClN3/c1-11-3-2-4-17(19-11)21-8-7-16-14(10-21)13-9-12(18)5-6-15(13)20-16/h2-6,9,20H,7-8,10H2,1H3. The molecule has 1 N–H and O–H groups in total. The quantitative estimate of drug-likeness (QED) is 0.734. The third kappa shape index (κ3) is 2.18. The molecule has 3 aromatic rings. The molecule has 4 rings (SSSR count). The smallest absolute Gasteiger partial charge is 0.129 e. The number of hydrogen-bond donors (Lipinski definition) is 1. The summed E-state index contributed by atoms with van der Waals surface area (Å²) in [6, 6.07) is 12.2. The lowest BCUT2D eigenvalue weighted by molar-refractivity contribution is 0.715. The Labute approximate surface area is 128 Å². The summed E-state index contributed by atoms with van der Waals surface area (Å²) in [6.07, 6.45) is 1.01. The Morgan fingerprint density at radius 1 is 1.24 bits per heavy atom. The van der Waals surface area contributed by atoms with Crippen molar-refractivity contribution < 1.29 is 0 Å². The maximum Gasteiger partial charge on any atom is 0.129 e. The minimum atomic E-state index is 0.787. The van der Waals surface area contributed by atoms with Gasteiger partial charge in [0.15, 0.2) is 0 Å². The van der Waals surface area contributed by atoms with E-state index in [9.17, 15) is 0 Å². The summed E-state index contributed by atoms with van der Waals surface area (Å²) in [5.41, 5.74) is 4.90. The Balaban J connectivity index is 1.77. The zero-order valence-electron chi connectivity index (χ0n) is 11.9. The molecule has 0 saturated heterocycles. The highest BCUT2D eigenvalue weighted by Gasteiger charge is 2.21. The molecule has 0 fully saturated rings. The fourth-order valence-corrected chi connectivity index (χ4v) is 3.26. The zero-order valence-corrected chi connectivity index (χ0v) is 12.6. The summed E-state index contributed by atoms with van der Waals surface area (Å²) < 4.78 is 0. The third-order valence-electron chi connectivity index (χ3n) is 4.13. The highest BCUT2D eigenvalue weighted by atomic mass is 35.5. The number of benzene rings is 1. The number of anilines is 1. The fraction of sp³-hybridized carbons (Fsp3) is 0.235. The predicted octanol–water partition coefficient (Wildman–Crippen LogP) is 4.09. The largest absolute Gasteiger partial charge is 0.358 e. The van der Waals surface area contributed by atoms with Crippen LogP contribution in [0.3, 0.4) is 0 Å². The van der Waals surface area contributed by atoms with Crippen LogP contribution in [0.5, 0.6) is 0 Å². The Hall–Kier alpha value is -2.00. The lowest BCUT2D eigenvalue weighted by atomic mass is 10.0. The summed E-state index contributed by atoms with van der Waals surface area (Å²) in [5, 5.41) is 2.02. The number of nitrogens with zero attached hydrogens (tertiary/aromatic N) is 2. The molecule has 4 heteroatoms. The average Bonchev–Trinajstić information content (AvgIpc) is 2.84. The van der Waals surface area contributed by atoms with Crippen molar-refractivity contribution in [2.45, 2.75) is 19.9 Å². The van der Waals surface area contributed by atoms with E-state index in [0.717, 1.165) is 36.0 Å². The molecule has 0 radical (unpaired) electrons. The fourth-order valence-electron chi connectivity index (χ4n) is 3.09. The Bertz CT molecular complexity index is 822. The van der Waals surface area contributed by atoms with Gasteiger partial charge >= 0.3 is 0 Å². The summed E-state index contributed by atoms with van der Waals surface area (Å²) in [7, 11) is 0. The van der Waals surface area contributed by atoms with Crippen LogP contribution < -0.4 is 4.90 Å². The van der Waals surface area contributed by atoms with E-state index >= 15 is 0 Å². The number of aromatic nitrogens is 2. The Kier molecular flexibility index (Phi) is 2.89. The first kappa shape index (κ1) is 12.7. The second kappa shape index (κ2) is 4.78. The number of aryl methyl sites for hydroxylation is 1. The topological polar surface area (TPSA) is 31.9 Å². The van der Waals surface area contributed by atoms with E-state index in [1.807, 2.05) is 19.1 Å². The maximum atomic E-state index is 6.15. The SMILES string of the molecule is Cc1cccc(N2CCc3[nH]c4ccc(Cl)cc4c3C2)n1. The highest BCUT2D eigenvalue weighted by Crippen LogP contribution is 2.31. The highest BCUT2D eigenvalue weighted by molar-refractivity contribution is 6.31. The monoisotopic (exact) mass is 297 g/mol. The van der Waals surface area contributed by atoms with Crippen molar-refractivity contribution in [1.29, 1.82) is 0 Å². The third-order valence-corrected chi connectivity index (χ3v) is 4.37. The average molecular weight is 298 g/mol. The van der Waals surface area contributed by atoms with E-state index in [0.29, 0.717) is 0 Å². The van der Waals surface area contributed by atoms with Crippen molar-refractivity contribution in [3.8, 4) is 0 Å². The molecule has 0 spiro atoms. The number of aromatic amines is 1. The normalized spacial score (nSPS) is 14.5. The van der Waals surface area contributed by atoms with E-state index in [1.165, 1.54) is 22.2 Å². The first-order valence-corrected chi connectivity index (χ1v) is 7.56. The molecular formula is C17H16ClN3. The number of rotatable bonds is 1. The number of hydrogen-bond acceptors (Lipinski definition) is 2. The van der Waals surface area contributed by atoms with Gasteiger partial charge in [-0.2, -0.15) is 0 Å². The molecule has 1 aromatic carbocycles. The molecule has 21 heavy (non-hydrogen) atoms. The maximum absolute atomic E-state index is 6.15. The van der Waals surface area contributed by atoms with Crippen molar-refractivity contribution in [3.05, 3.63) is 58.4 Å². The molecule has 0 atom stereocenters. The van der Waals surface area contributed by atoms with Crippen LogP contribution in [0.2, 0.25) is 5.02 Å². The lowest BCUT2D eigenvalue weighted by Crippen LogP contribution is -2.30. The Morgan fingerprint density at radius 3 is 3.00 bits per heavy atom. The van der Waals surface area contributed by atoms with Crippen LogP contribution >= 0.6 is 11.6 Å². The summed E-state index contributed by atoms with van der Waals surface area (Å²) in [5.74, 6) is 1.05. The van der Waals surface area contributed by atoms with Crippen LogP contribution in [-0.2, 0) is 13.0 Å². The number of H-pyrrole nitrogens is 1. The van der Waals surface area contributed by atoms with Gasteiger partial charge in [-0.25, -0.2) is 4.98 Å². The van der Waals surface area contributed by atoms with Crippen LogP contribution in [0.25, 0.3) is 10.9 Å². The molecule has 0 aliphatic carbocycles. The first-order chi connectivity index (χ1) is 10.2. The van der Waals surface area contributed by atoms with Crippen LogP contribution in [0.4, 0.5) is 5.82 Å². The summed E-state index contributed by atoms with van der Waals surface area (Å²) in [6.45, 7) is 3.90. The molecular weight excluding hydrogens is 282 g/mol. The van der Waals surface area contributed by atoms with E-state index in [-0.39, 0.29) is 0 Å². The van der Waals surface area contributed by atoms with Crippen LogP contribution in [0, 0.1) is 6.92 Å². The van der Waals surface area contributed by atoms with Gasteiger partial charge in [0.2, 0.25) is 0 Å². The van der Waals surface area contributed by atoms with Gasteiger partial charge in [-0.15, -0.1) is 0 Å². The summed E-state index contributed by atoms with van der Waals surface area (Å²) in [4.78, 5) is 10.5. The van der Waals surface area contributed by atoms with Crippen LogP contribution in [0.15, 0.2) is 36.4 Å². The summed E-state index contributed by atoms with van der Waals surface area (Å²) >= 11 is 6.15. The minimum absolute atomic E-state index is 0.787. The van der Waals surface area contributed by atoms with E-state index in [2.05, 4.69) is 39.1 Å². The Morgan fingerprint density at radius 2 is 2.14 bits per heavy atom. The second-order valence-electron chi connectivity index (χ2n) is 5.58. The van der Waals surface area contributed by atoms with Crippen molar-refractivity contribution in [3.63, 3.8) is 0 Å². The van der Waals surface area contributed by atoms with Gasteiger partial charge in [0.05, 0.1) is 0 Å². The first-order valence-electron chi connectivity index (χ1n) is 7.18. The number of halogens is 1. The lowest BCUT2D eigenvalue weighted by Gasteiger charge is -2.28. The molecule has 0 amide bonds. The molecule has 2 aromatic heterocycles. The van der Waals surface area contributed by atoms with E-state index in [4.69, 9.17) is 11.6 Å². The van der Waals surface area contributed by atoms with Crippen molar-refractivity contribution in [2.75, 3.05) is 11.4 Å². The van der Waals surface area contributed by atoms with Gasteiger partial charge < -0.3 is 9.88 Å². The van der Waals surface area contributed by atoms with E-state index in [1.54, 1.807) is 0 Å². The van der Waals surface area contributed by atoms with Gasteiger partial charge in [0.1, 0.15) is 5.82 Å². The second-order valence-corrected chi connectivity index (χ2v) is 6.02. The minimum Gasteiger partial charge on any atom is -0.358 e. The van der Waals surface area contributed by atoms with Gasteiger partial charge in [-0.1, -0.05) is 17.7 Å². The van der Waals surface area contributed by atoms with Gasteiger partial charge in [-0.3, -0.25) is 0 Å². The molecule has 106 valence electrons.